The van der Waals surface area contributed by atoms with Crippen LogP contribution in [-0.4, -0.2) is 5.16 Å². The molecular formula is C9H14N2O. The highest BCUT2D eigenvalue weighted by Crippen LogP contribution is 2.29. The van der Waals surface area contributed by atoms with Crippen molar-refractivity contribution >= 4 is 5.69 Å². The average molecular weight is 166 g/mol. The average Bonchev–Trinajstić information content (AvgIpc) is 2.65. The highest BCUT2D eigenvalue weighted by Gasteiger charge is 2.18. The highest BCUT2D eigenvalue weighted by molar-refractivity contribution is 5.38. The minimum atomic E-state index is 0.710. The first-order valence-corrected chi connectivity index (χ1v) is 4.55. The van der Waals surface area contributed by atoms with Gasteiger partial charge in [-0.1, -0.05) is 30.8 Å². The van der Waals surface area contributed by atoms with E-state index in [-0.39, 0.29) is 0 Å². The van der Waals surface area contributed by atoms with Gasteiger partial charge >= 0.3 is 0 Å². The SMILES string of the molecule is Nc1cnoc1CC1CCCC1. The molecule has 0 radical (unpaired) electrons. The number of rotatable bonds is 2. The molecule has 1 aromatic rings. The highest BCUT2D eigenvalue weighted by atomic mass is 16.5. The lowest BCUT2D eigenvalue weighted by Crippen LogP contribution is -1.99. The Hall–Kier alpha value is -0.990. The van der Waals surface area contributed by atoms with E-state index < -0.39 is 0 Å². The number of hydrogen-bond acceptors (Lipinski definition) is 3. The lowest BCUT2D eigenvalue weighted by Gasteiger charge is -2.04. The van der Waals surface area contributed by atoms with Crippen molar-refractivity contribution in [3.8, 4) is 0 Å². The Morgan fingerprint density at radius 1 is 1.50 bits per heavy atom. The molecule has 1 aliphatic rings. The fourth-order valence-electron chi connectivity index (χ4n) is 1.90. The first-order chi connectivity index (χ1) is 5.86. The molecule has 12 heavy (non-hydrogen) atoms. The van der Waals surface area contributed by atoms with Gasteiger partial charge in [0.25, 0.3) is 0 Å². The third-order valence-corrected chi connectivity index (χ3v) is 2.63. The number of nitrogens with two attached hydrogens (primary N) is 1. The molecule has 2 rings (SSSR count). The molecule has 1 aromatic heterocycles. The Kier molecular flexibility index (Phi) is 2.02. The number of anilines is 1. The summed E-state index contributed by atoms with van der Waals surface area (Å²) >= 11 is 0. The van der Waals surface area contributed by atoms with Crippen molar-refractivity contribution in [1.29, 1.82) is 0 Å². The number of hydrogen-bond donors (Lipinski definition) is 1. The van der Waals surface area contributed by atoms with Gasteiger partial charge in [0.15, 0.2) is 5.76 Å². The van der Waals surface area contributed by atoms with E-state index in [4.69, 9.17) is 10.3 Å². The molecule has 66 valence electrons. The third kappa shape index (κ3) is 1.44. The Morgan fingerprint density at radius 3 is 2.83 bits per heavy atom. The lowest BCUT2D eigenvalue weighted by molar-refractivity contribution is 0.360. The van der Waals surface area contributed by atoms with Gasteiger partial charge in [0, 0.05) is 6.42 Å². The molecule has 1 heterocycles. The summed E-state index contributed by atoms with van der Waals surface area (Å²) in [7, 11) is 0. The Morgan fingerprint density at radius 2 is 2.25 bits per heavy atom. The summed E-state index contributed by atoms with van der Waals surface area (Å²) in [5.41, 5.74) is 6.37. The van der Waals surface area contributed by atoms with Crippen molar-refractivity contribution in [2.24, 2.45) is 5.92 Å². The summed E-state index contributed by atoms with van der Waals surface area (Å²) in [5, 5.41) is 3.66. The van der Waals surface area contributed by atoms with Crippen molar-refractivity contribution in [1.82, 2.24) is 5.16 Å². The van der Waals surface area contributed by atoms with Crippen LogP contribution in [0, 0.1) is 5.92 Å². The van der Waals surface area contributed by atoms with Crippen LogP contribution in [-0.2, 0) is 6.42 Å². The maximum Gasteiger partial charge on any atom is 0.159 e. The topological polar surface area (TPSA) is 52.0 Å². The van der Waals surface area contributed by atoms with Crippen LogP contribution in [0.3, 0.4) is 0 Å². The fourth-order valence-corrected chi connectivity index (χ4v) is 1.90. The van der Waals surface area contributed by atoms with Crippen LogP contribution in [0.1, 0.15) is 31.4 Å². The van der Waals surface area contributed by atoms with Crippen molar-refractivity contribution < 1.29 is 4.52 Å². The van der Waals surface area contributed by atoms with Gasteiger partial charge in [-0.3, -0.25) is 0 Å². The molecule has 2 N–H and O–H groups in total. The van der Waals surface area contributed by atoms with Crippen molar-refractivity contribution in [2.45, 2.75) is 32.1 Å². The van der Waals surface area contributed by atoms with Gasteiger partial charge in [-0.2, -0.15) is 0 Å². The van der Waals surface area contributed by atoms with Gasteiger partial charge < -0.3 is 10.3 Å². The molecule has 0 atom stereocenters. The van der Waals surface area contributed by atoms with Crippen LogP contribution >= 0.6 is 0 Å². The van der Waals surface area contributed by atoms with Crippen LogP contribution in [0.2, 0.25) is 0 Å². The molecule has 1 aliphatic carbocycles. The van der Waals surface area contributed by atoms with Crippen LogP contribution in [0.15, 0.2) is 10.7 Å². The van der Waals surface area contributed by atoms with Crippen molar-refractivity contribution in [2.75, 3.05) is 5.73 Å². The molecular weight excluding hydrogens is 152 g/mol. The second-order valence-electron chi connectivity index (χ2n) is 3.56. The van der Waals surface area contributed by atoms with Crippen LogP contribution in [0.5, 0.6) is 0 Å². The molecule has 3 nitrogen and oxygen atoms in total. The predicted octanol–water partition coefficient (Wildman–Crippen LogP) is 1.99. The lowest BCUT2D eigenvalue weighted by atomic mass is 10.0. The standard InChI is InChI=1S/C9H14N2O/c10-8-6-11-12-9(8)5-7-3-1-2-4-7/h6-7H,1-5,10H2. The van der Waals surface area contributed by atoms with E-state index in [1.54, 1.807) is 6.20 Å². The summed E-state index contributed by atoms with van der Waals surface area (Å²) < 4.78 is 5.05. The van der Waals surface area contributed by atoms with E-state index >= 15 is 0 Å². The van der Waals surface area contributed by atoms with Gasteiger partial charge in [0.05, 0.1) is 11.9 Å². The minimum absolute atomic E-state index is 0.710. The Labute approximate surface area is 71.9 Å². The van der Waals surface area contributed by atoms with Gasteiger partial charge in [-0.05, 0) is 5.92 Å². The maximum atomic E-state index is 5.66. The molecule has 3 heteroatoms. The predicted molar refractivity (Wildman–Crippen MR) is 46.6 cm³/mol. The summed E-state index contributed by atoms with van der Waals surface area (Å²) in [6, 6.07) is 0. The molecule has 1 saturated carbocycles. The summed E-state index contributed by atoms with van der Waals surface area (Å²) in [4.78, 5) is 0. The minimum Gasteiger partial charge on any atom is -0.395 e. The smallest absolute Gasteiger partial charge is 0.159 e. The zero-order valence-corrected chi connectivity index (χ0v) is 7.12. The van der Waals surface area contributed by atoms with Crippen LogP contribution in [0.4, 0.5) is 5.69 Å². The summed E-state index contributed by atoms with van der Waals surface area (Å²) in [6.07, 6.45) is 7.92. The van der Waals surface area contributed by atoms with Gasteiger partial charge in [-0.15, -0.1) is 0 Å². The van der Waals surface area contributed by atoms with E-state index in [9.17, 15) is 0 Å². The molecule has 0 bridgehead atoms. The molecule has 0 amide bonds. The maximum absolute atomic E-state index is 5.66. The van der Waals surface area contributed by atoms with E-state index in [0.717, 1.165) is 18.1 Å². The van der Waals surface area contributed by atoms with Gasteiger partial charge in [-0.25, -0.2) is 0 Å². The van der Waals surface area contributed by atoms with Gasteiger partial charge in [0.2, 0.25) is 0 Å². The summed E-state index contributed by atoms with van der Waals surface area (Å²) in [6.45, 7) is 0. The van der Waals surface area contributed by atoms with E-state index in [1.165, 1.54) is 25.7 Å². The molecule has 0 aliphatic heterocycles. The van der Waals surface area contributed by atoms with E-state index in [1.807, 2.05) is 0 Å². The molecule has 0 aromatic carbocycles. The van der Waals surface area contributed by atoms with Crippen molar-refractivity contribution in [3.63, 3.8) is 0 Å². The zero-order valence-electron chi connectivity index (χ0n) is 7.12. The molecule has 1 fully saturated rings. The first kappa shape index (κ1) is 7.65. The van der Waals surface area contributed by atoms with Crippen LogP contribution < -0.4 is 5.73 Å². The second kappa shape index (κ2) is 3.17. The third-order valence-electron chi connectivity index (χ3n) is 2.63. The molecule has 0 saturated heterocycles. The largest absolute Gasteiger partial charge is 0.395 e. The van der Waals surface area contributed by atoms with Crippen LogP contribution in [0.25, 0.3) is 0 Å². The fraction of sp³-hybridized carbons (Fsp3) is 0.667. The monoisotopic (exact) mass is 166 g/mol. The normalized spacial score (nSPS) is 18.7. The van der Waals surface area contributed by atoms with Gasteiger partial charge in [0.1, 0.15) is 0 Å². The number of nitrogens with zero attached hydrogens (tertiary/aromatic N) is 1. The Bertz CT molecular complexity index is 251. The first-order valence-electron chi connectivity index (χ1n) is 4.55. The Balaban J connectivity index is 1.98. The van der Waals surface area contributed by atoms with E-state index in [0.29, 0.717) is 5.69 Å². The van der Waals surface area contributed by atoms with E-state index in [2.05, 4.69) is 5.16 Å². The molecule has 0 unspecified atom stereocenters. The zero-order chi connectivity index (χ0) is 8.39. The quantitative estimate of drug-likeness (QED) is 0.731. The summed E-state index contributed by atoms with van der Waals surface area (Å²) in [5.74, 6) is 1.65. The number of nitrogen functional groups attached to an aromatic ring is 1. The second-order valence-corrected chi connectivity index (χ2v) is 3.56. The molecule has 0 spiro atoms. The number of aromatic nitrogens is 1. The van der Waals surface area contributed by atoms with Crippen molar-refractivity contribution in [3.05, 3.63) is 12.0 Å².